The van der Waals surface area contributed by atoms with Gasteiger partial charge < -0.3 is 28.4 Å². The molecule has 1 heterocycles. The molecular weight excluding hydrogens is 460 g/mol. The molecule has 1 aliphatic heterocycles. The van der Waals surface area contributed by atoms with Crippen molar-refractivity contribution in [3.63, 3.8) is 0 Å². The fraction of sp³-hybridized carbons (Fsp3) is 0.733. The molecule has 33 heavy (non-hydrogen) atoms. The predicted octanol–water partition coefficient (Wildman–Crippen LogP) is -4.80. The molecule has 0 aliphatic carbocycles. The second-order valence-corrected chi connectivity index (χ2v) is 6.07. The van der Waals surface area contributed by atoms with E-state index in [2.05, 4.69) is 19.4 Å². The minimum absolute atomic E-state index is 0.558. The summed E-state index contributed by atoms with van der Waals surface area (Å²) in [5.74, 6) is 15.4. The summed E-state index contributed by atoms with van der Waals surface area (Å²) in [6, 6.07) is 0. The van der Waals surface area contributed by atoms with E-state index < -0.39 is 87.6 Å². The fourth-order valence-corrected chi connectivity index (χ4v) is 2.65. The van der Waals surface area contributed by atoms with Crippen molar-refractivity contribution >= 4 is 23.9 Å². The van der Waals surface area contributed by atoms with E-state index in [1.807, 2.05) is 0 Å². The molecule has 5 atom stereocenters. The maximum Gasteiger partial charge on any atom is 0.334 e. The van der Waals surface area contributed by atoms with Crippen LogP contribution >= 0.6 is 0 Å². The van der Waals surface area contributed by atoms with E-state index in [1.165, 1.54) is 7.11 Å². The van der Waals surface area contributed by atoms with E-state index in [9.17, 15) is 19.2 Å². The highest BCUT2D eigenvalue weighted by atomic mass is 16.7. The Morgan fingerprint density at radius 1 is 0.667 bits per heavy atom. The summed E-state index contributed by atoms with van der Waals surface area (Å²) in [5.41, 5.74) is 0. The lowest BCUT2D eigenvalue weighted by atomic mass is 9.98. The van der Waals surface area contributed by atoms with Crippen LogP contribution in [0.2, 0.25) is 0 Å². The molecule has 0 saturated carbocycles. The monoisotopic (exact) mass is 486 g/mol. The van der Waals surface area contributed by atoms with E-state index >= 15 is 0 Å². The SMILES string of the molecule is CO[C@H]1O[C@H](COC(=O)CON)[C@H](OC(=O)CON)[C@H](OC(=O)CON)[C@H]1OC(=O)CON. The van der Waals surface area contributed by atoms with Crippen LogP contribution in [0.25, 0.3) is 0 Å². The number of nitrogens with two attached hydrogens (primary N) is 4. The molecule has 1 aliphatic rings. The molecule has 0 aromatic rings. The number of hydrogen-bond acceptors (Lipinski definition) is 18. The van der Waals surface area contributed by atoms with Crippen LogP contribution in [0.4, 0.5) is 0 Å². The van der Waals surface area contributed by atoms with Crippen molar-refractivity contribution in [2.45, 2.75) is 30.7 Å². The first kappa shape index (κ1) is 28.5. The van der Waals surface area contributed by atoms with Crippen LogP contribution < -0.4 is 23.6 Å². The maximum absolute atomic E-state index is 12.1. The Morgan fingerprint density at radius 3 is 1.55 bits per heavy atom. The first-order chi connectivity index (χ1) is 15.8. The quantitative estimate of drug-likeness (QED) is 0.102. The van der Waals surface area contributed by atoms with Crippen molar-refractivity contribution in [1.29, 1.82) is 0 Å². The largest absolute Gasteiger partial charge is 0.461 e. The van der Waals surface area contributed by atoms with Crippen molar-refractivity contribution in [3.8, 4) is 0 Å². The summed E-state index contributed by atoms with van der Waals surface area (Å²) >= 11 is 0. The van der Waals surface area contributed by atoms with Gasteiger partial charge in [0.2, 0.25) is 0 Å². The average molecular weight is 486 g/mol. The van der Waals surface area contributed by atoms with Gasteiger partial charge in [-0.3, -0.25) is 19.4 Å². The van der Waals surface area contributed by atoms with Crippen LogP contribution in [0.3, 0.4) is 0 Å². The standard InChI is InChI=1S/C15H26N4O14/c1-24-15-14(33-11(23)6-29-19)13(32-10(22)5-28-18)12(31-9(21)4-27-17)7(30-15)2-25-8(20)3-26-16/h7,12-15H,2-6,16-19H2,1H3/t7-,12+,13+,14-,15+/m1/s1. The van der Waals surface area contributed by atoms with E-state index in [-0.39, 0.29) is 0 Å². The van der Waals surface area contributed by atoms with Crippen LogP contribution in [-0.4, -0.2) is 94.7 Å². The molecule has 0 aromatic heterocycles. The number of carbonyl (C=O) groups is 4. The third kappa shape index (κ3) is 9.47. The summed E-state index contributed by atoms with van der Waals surface area (Å²) in [6.07, 6.45) is -7.35. The average Bonchev–Trinajstić information content (AvgIpc) is 2.76. The Labute approximate surface area is 186 Å². The summed E-state index contributed by atoms with van der Waals surface area (Å²) < 4.78 is 31.3. The van der Waals surface area contributed by atoms with Crippen molar-refractivity contribution in [2.24, 2.45) is 23.6 Å². The van der Waals surface area contributed by atoms with Gasteiger partial charge in [-0.25, -0.2) is 42.8 Å². The Kier molecular flexibility index (Phi) is 13.3. The summed E-state index contributed by atoms with van der Waals surface area (Å²) in [6.45, 7) is -3.28. The lowest BCUT2D eigenvalue weighted by molar-refractivity contribution is -0.304. The van der Waals surface area contributed by atoms with Crippen molar-refractivity contribution < 1.29 is 66.9 Å². The van der Waals surface area contributed by atoms with E-state index in [1.54, 1.807) is 0 Å². The molecule has 190 valence electrons. The molecule has 1 saturated heterocycles. The number of esters is 4. The number of ether oxygens (including phenoxy) is 6. The summed E-state index contributed by atoms with van der Waals surface area (Å²) in [5, 5.41) is 0. The minimum atomic E-state index is -1.58. The summed E-state index contributed by atoms with van der Waals surface area (Å²) in [4.78, 5) is 64.5. The van der Waals surface area contributed by atoms with Gasteiger partial charge in [0, 0.05) is 7.11 Å². The zero-order valence-electron chi connectivity index (χ0n) is 17.4. The first-order valence-corrected chi connectivity index (χ1v) is 9.00. The Hall–Kier alpha value is -2.52. The van der Waals surface area contributed by atoms with Crippen molar-refractivity contribution in [3.05, 3.63) is 0 Å². The third-order valence-electron chi connectivity index (χ3n) is 3.84. The highest BCUT2D eigenvalue weighted by molar-refractivity contribution is 5.73. The molecule has 18 nitrogen and oxygen atoms in total. The predicted molar refractivity (Wildman–Crippen MR) is 96.8 cm³/mol. The number of methoxy groups -OCH3 is 1. The zero-order valence-corrected chi connectivity index (χ0v) is 17.4. The highest BCUT2D eigenvalue weighted by Crippen LogP contribution is 2.29. The Bertz CT molecular complexity index is 652. The third-order valence-corrected chi connectivity index (χ3v) is 3.84. The summed E-state index contributed by atoms with van der Waals surface area (Å²) in [7, 11) is 1.17. The first-order valence-electron chi connectivity index (χ1n) is 9.00. The van der Waals surface area contributed by atoms with Gasteiger partial charge in [0.15, 0.2) is 51.0 Å². The highest BCUT2D eigenvalue weighted by Gasteiger charge is 2.53. The molecule has 8 N–H and O–H groups in total. The number of hydrogen-bond donors (Lipinski definition) is 4. The molecule has 1 rings (SSSR count). The van der Waals surface area contributed by atoms with Crippen LogP contribution in [0, 0.1) is 0 Å². The topological polar surface area (TPSA) is 265 Å². The van der Waals surface area contributed by atoms with Crippen LogP contribution in [0.5, 0.6) is 0 Å². The normalized spacial score (nSPS) is 24.6. The maximum atomic E-state index is 12.1. The zero-order chi connectivity index (χ0) is 24.8. The molecule has 0 spiro atoms. The van der Waals surface area contributed by atoms with E-state index in [0.29, 0.717) is 0 Å². The van der Waals surface area contributed by atoms with E-state index in [0.717, 1.165) is 0 Å². The van der Waals surface area contributed by atoms with Gasteiger partial charge in [0.05, 0.1) is 0 Å². The molecule has 0 bridgehead atoms. The lowest BCUT2D eigenvalue weighted by Crippen LogP contribution is -2.63. The molecule has 18 heteroatoms. The Balaban J connectivity index is 3.27. The van der Waals surface area contributed by atoms with Gasteiger partial charge >= 0.3 is 23.9 Å². The molecular formula is C15H26N4O14. The van der Waals surface area contributed by atoms with Gasteiger partial charge in [0.1, 0.15) is 12.7 Å². The fourth-order valence-electron chi connectivity index (χ4n) is 2.65. The van der Waals surface area contributed by atoms with Crippen molar-refractivity contribution in [2.75, 3.05) is 40.1 Å². The van der Waals surface area contributed by atoms with Gasteiger partial charge in [-0.2, -0.15) is 0 Å². The smallest absolute Gasteiger partial charge is 0.334 e. The molecule has 0 unspecified atom stereocenters. The molecule has 0 amide bonds. The second kappa shape index (κ2) is 15.3. The van der Waals surface area contributed by atoms with Gasteiger partial charge in [0.25, 0.3) is 0 Å². The van der Waals surface area contributed by atoms with Crippen LogP contribution in [0.15, 0.2) is 0 Å². The van der Waals surface area contributed by atoms with Crippen LogP contribution in [-0.2, 0) is 66.9 Å². The number of rotatable bonds is 14. The number of carbonyl (C=O) groups excluding carboxylic acids is 4. The van der Waals surface area contributed by atoms with Gasteiger partial charge in [-0.15, -0.1) is 0 Å². The van der Waals surface area contributed by atoms with Crippen LogP contribution in [0.1, 0.15) is 0 Å². The molecule has 0 aromatic carbocycles. The van der Waals surface area contributed by atoms with E-state index in [4.69, 9.17) is 52.0 Å². The van der Waals surface area contributed by atoms with Gasteiger partial charge in [-0.1, -0.05) is 0 Å². The van der Waals surface area contributed by atoms with Crippen molar-refractivity contribution in [1.82, 2.24) is 0 Å². The molecule has 0 radical (unpaired) electrons. The minimum Gasteiger partial charge on any atom is -0.461 e. The van der Waals surface area contributed by atoms with Gasteiger partial charge in [-0.05, 0) is 0 Å². The lowest BCUT2D eigenvalue weighted by Gasteiger charge is -2.43. The molecule has 1 fully saturated rings. The second-order valence-electron chi connectivity index (χ2n) is 6.07. The Morgan fingerprint density at radius 2 is 1.09 bits per heavy atom.